The average Bonchev–Trinajstić information content (AvgIpc) is 3.30. The largest absolute Gasteiger partial charge is 0.460 e. The van der Waals surface area contributed by atoms with Crippen LogP contribution in [-0.4, -0.2) is 138 Å². The number of nitrogens with one attached hydrogen (secondary N) is 1. The van der Waals surface area contributed by atoms with E-state index < -0.39 is 89.9 Å². The van der Waals surface area contributed by atoms with Crippen molar-refractivity contribution in [2.24, 2.45) is 35.5 Å². The molecule has 4 N–H and O–H groups in total. The minimum atomic E-state index is -2.00. The van der Waals surface area contributed by atoms with Gasteiger partial charge in [0.05, 0.1) is 36.6 Å². The summed E-state index contributed by atoms with van der Waals surface area (Å²) in [6, 6.07) is -1.14. The van der Waals surface area contributed by atoms with E-state index in [1.807, 2.05) is 58.1 Å². The van der Waals surface area contributed by atoms with Gasteiger partial charge in [-0.3, -0.25) is 19.2 Å². The molecule has 4 rings (SSSR count). The Labute approximate surface area is 405 Å². The molecule has 384 valence electrons. The number of hydrogen-bond donors (Lipinski definition) is 4. The van der Waals surface area contributed by atoms with Crippen molar-refractivity contribution in [3.63, 3.8) is 0 Å². The van der Waals surface area contributed by atoms with E-state index in [9.17, 15) is 39.3 Å². The number of amides is 2. The summed E-state index contributed by atoms with van der Waals surface area (Å²) >= 11 is 0. The highest BCUT2D eigenvalue weighted by atomic mass is 16.6. The quantitative estimate of drug-likeness (QED) is 0.168. The first-order valence-electron chi connectivity index (χ1n) is 25.1. The number of hydrogen-bond acceptors (Lipinski definition) is 13. The molecule has 15 heteroatoms. The molecule has 68 heavy (non-hydrogen) atoms. The fraction of sp³-hybridized carbons (Fsp3) is 0.755. The number of nitrogens with zero attached hydrogens (tertiary/aromatic N) is 1. The van der Waals surface area contributed by atoms with Crippen LogP contribution in [0.25, 0.3) is 0 Å². The summed E-state index contributed by atoms with van der Waals surface area (Å²) in [7, 11) is 4.61. The number of piperidine rings is 1. The molecule has 1 aliphatic carbocycles. The minimum absolute atomic E-state index is 0.0737. The van der Waals surface area contributed by atoms with Crippen molar-refractivity contribution in [2.75, 3.05) is 27.9 Å². The molecule has 0 aromatic rings. The zero-order valence-electron chi connectivity index (χ0n) is 42.7. The normalized spacial score (nSPS) is 37.6. The van der Waals surface area contributed by atoms with Gasteiger partial charge in [-0.15, -0.1) is 0 Å². The van der Waals surface area contributed by atoms with Crippen molar-refractivity contribution in [3.05, 3.63) is 47.6 Å². The maximum Gasteiger partial charge on any atom is 0.329 e. The van der Waals surface area contributed by atoms with Crippen LogP contribution in [-0.2, 0) is 47.7 Å². The van der Waals surface area contributed by atoms with Crippen LogP contribution in [0, 0.1) is 35.5 Å². The van der Waals surface area contributed by atoms with Crippen molar-refractivity contribution < 1.29 is 63.0 Å². The monoisotopic (exact) mass is 957 g/mol. The number of ether oxygens (including phenoxy) is 5. The third kappa shape index (κ3) is 15.0. The van der Waals surface area contributed by atoms with Crippen LogP contribution >= 0.6 is 0 Å². The van der Waals surface area contributed by atoms with Crippen molar-refractivity contribution in [3.8, 4) is 0 Å². The van der Waals surface area contributed by atoms with Crippen LogP contribution < -0.4 is 5.32 Å². The van der Waals surface area contributed by atoms with E-state index in [4.69, 9.17) is 23.7 Å². The maximum absolute atomic E-state index is 14.8. The number of Topliss-reactive ketones (excluding diaryl/α,β-unsaturated/α-hetero) is 2. The van der Waals surface area contributed by atoms with Crippen molar-refractivity contribution in [1.82, 2.24) is 10.2 Å². The Morgan fingerprint density at radius 1 is 0.882 bits per heavy atom. The molecular weight excluding hydrogens is 873 g/mol. The van der Waals surface area contributed by atoms with Gasteiger partial charge in [0, 0.05) is 59.5 Å². The molecule has 0 radical (unpaired) electrons. The molecule has 2 saturated heterocycles. The first-order chi connectivity index (χ1) is 32.2. The Kier molecular flexibility index (Phi) is 22.3. The lowest BCUT2D eigenvalue weighted by Crippen LogP contribution is -2.67. The third-order valence-electron chi connectivity index (χ3n) is 15.1. The summed E-state index contributed by atoms with van der Waals surface area (Å²) in [6.45, 7) is 14.3. The van der Waals surface area contributed by atoms with E-state index in [2.05, 4.69) is 5.32 Å². The topological polar surface area (TPSA) is 207 Å². The van der Waals surface area contributed by atoms with Gasteiger partial charge in [-0.2, -0.15) is 0 Å². The van der Waals surface area contributed by atoms with Crippen molar-refractivity contribution in [1.29, 1.82) is 0 Å². The van der Waals surface area contributed by atoms with Gasteiger partial charge < -0.3 is 49.2 Å². The van der Waals surface area contributed by atoms with Gasteiger partial charge >= 0.3 is 5.97 Å². The molecule has 0 aromatic heterocycles. The summed E-state index contributed by atoms with van der Waals surface area (Å²) in [4.78, 5) is 72.2. The second kappa shape index (κ2) is 26.6. The molecule has 2 amide bonds. The standard InChI is InChI=1S/C53H84N2O13/c1-31-17-13-12-14-18-32(2)44(64-9)29-40-22-20-37(7)53(68-40,54-38(8)56)50(61)51(62)55-24-16-15-19-41(55)52(63)67-45(34(4)27-39-21-23-42(57)46(28-39)65-10)30-43(58)33(3)26-36(6)48(60)49(66-11)47(59)35(5)25-31/h12-14,17-18,26,31,34-37,39-42,44-49,57,59-60H,15-16,19-25,27-30H2,1-11H3,(H,54,56)/t31-,34-,35?,36?,37?,39?,40+,41?,42-,44+,45+,46?,47+,48?,49+,53?/m1/s1. The zero-order chi connectivity index (χ0) is 50.5. The van der Waals surface area contributed by atoms with Gasteiger partial charge in [-0.1, -0.05) is 71.1 Å². The predicted molar refractivity (Wildman–Crippen MR) is 258 cm³/mol. The maximum atomic E-state index is 14.8. The van der Waals surface area contributed by atoms with Crippen molar-refractivity contribution in [2.45, 2.75) is 193 Å². The van der Waals surface area contributed by atoms with E-state index in [1.165, 1.54) is 18.9 Å². The number of aliphatic hydroxyl groups is 3. The minimum Gasteiger partial charge on any atom is -0.460 e. The van der Waals surface area contributed by atoms with E-state index in [-0.39, 0.29) is 54.9 Å². The lowest BCUT2D eigenvalue weighted by atomic mass is 9.78. The van der Waals surface area contributed by atoms with Gasteiger partial charge in [-0.05, 0) is 113 Å². The number of fused-ring (bicyclic) bond motifs is 3. The van der Waals surface area contributed by atoms with E-state index in [0.29, 0.717) is 63.4 Å². The molecule has 1 saturated carbocycles. The van der Waals surface area contributed by atoms with Crippen LogP contribution in [0.1, 0.15) is 132 Å². The van der Waals surface area contributed by atoms with Gasteiger partial charge in [0.25, 0.3) is 11.7 Å². The fourth-order valence-corrected chi connectivity index (χ4v) is 10.8. The molecule has 4 aliphatic rings. The number of methoxy groups -OCH3 is 3. The summed E-state index contributed by atoms with van der Waals surface area (Å²) in [5.74, 6) is -5.14. The van der Waals surface area contributed by atoms with Crippen LogP contribution in [0.3, 0.4) is 0 Å². The molecule has 8 unspecified atom stereocenters. The number of carbonyl (C=O) groups is 5. The number of aliphatic hydroxyl groups excluding tert-OH is 3. The van der Waals surface area contributed by atoms with Crippen LogP contribution in [0.2, 0.25) is 0 Å². The lowest BCUT2D eigenvalue weighted by molar-refractivity contribution is -0.198. The summed E-state index contributed by atoms with van der Waals surface area (Å²) in [6.07, 6.45) is 10.9. The molecule has 3 heterocycles. The average molecular weight is 957 g/mol. The van der Waals surface area contributed by atoms with Gasteiger partial charge in [0.1, 0.15) is 18.2 Å². The van der Waals surface area contributed by atoms with Crippen LogP contribution in [0.4, 0.5) is 0 Å². The second-order valence-corrected chi connectivity index (χ2v) is 20.5. The third-order valence-corrected chi connectivity index (χ3v) is 15.1. The molecule has 0 spiro atoms. The molecule has 0 aromatic carbocycles. The Morgan fingerprint density at radius 2 is 1.60 bits per heavy atom. The van der Waals surface area contributed by atoms with Gasteiger partial charge in [0.15, 0.2) is 5.78 Å². The number of carbonyl (C=O) groups excluding carboxylic acids is 5. The number of allylic oxidation sites excluding steroid dienone is 6. The van der Waals surface area contributed by atoms with Gasteiger partial charge in [0.2, 0.25) is 11.6 Å². The van der Waals surface area contributed by atoms with Gasteiger partial charge in [-0.25, -0.2) is 4.79 Å². The van der Waals surface area contributed by atoms with Crippen LogP contribution in [0.15, 0.2) is 47.6 Å². The highest BCUT2D eigenvalue weighted by Gasteiger charge is 2.55. The van der Waals surface area contributed by atoms with E-state index >= 15 is 0 Å². The fourth-order valence-electron chi connectivity index (χ4n) is 10.8. The first-order valence-corrected chi connectivity index (χ1v) is 25.1. The summed E-state index contributed by atoms with van der Waals surface area (Å²) in [5.41, 5.74) is -0.771. The Hall–Kier alpha value is -3.57. The molecule has 16 atom stereocenters. The number of esters is 1. The van der Waals surface area contributed by atoms with E-state index in [1.54, 1.807) is 41.1 Å². The highest BCUT2D eigenvalue weighted by Crippen LogP contribution is 2.38. The second-order valence-electron chi connectivity index (χ2n) is 20.5. The number of ketones is 2. The summed E-state index contributed by atoms with van der Waals surface area (Å²) in [5, 5.41) is 36.3. The smallest absolute Gasteiger partial charge is 0.329 e. The Balaban J connectivity index is 1.75. The highest BCUT2D eigenvalue weighted by molar-refractivity contribution is 6.39. The Bertz CT molecular complexity index is 1830. The number of cyclic esters (lactones) is 1. The molecule has 3 aliphatic heterocycles. The predicted octanol–water partition coefficient (Wildman–Crippen LogP) is 6.12. The molecule has 15 nitrogen and oxygen atoms in total. The SMILES string of the molecule is COC1CC(C[C@@H](C)[C@@H]2CC(=O)C(C)=CC(C)C(O)[C@@H](OC)[C@@H](O)C(C)C[C@H](C)C=CC=CC=C(C)[C@@H](OC)C[C@@H]3CCC(C)C(NC(C)=O)(O3)C(=O)C(=O)N3CCCCC3C(=O)O2)CC[C@H]1O. The van der Waals surface area contributed by atoms with Crippen molar-refractivity contribution >= 4 is 29.4 Å². The Morgan fingerprint density at radius 3 is 2.26 bits per heavy atom. The first kappa shape index (κ1) is 57.0. The summed E-state index contributed by atoms with van der Waals surface area (Å²) < 4.78 is 30.1. The molecule has 3 fully saturated rings. The zero-order valence-corrected chi connectivity index (χ0v) is 42.7. The number of rotatable bonds is 7. The molecular formula is C53H84N2O13. The van der Waals surface area contributed by atoms with Crippen LogP contribution in [0.5, 0.6) is 0 Å². The van der Waals surface area contributed by atoms with E-state index in [0.717, 1.165) is 12.0 Å². The lowest BCUT2D eigenvalue weighted by Gasteiger charge is -2.46. The molecule has 2 bridgehead atoms.